The highest BCUT2D eigenvalue weighted by molar-refractivity contribution is 6.06. The maximum Gasteiger partial charge on any atom is 0.235 e. The van der Waals surface area contributed by atoms with Gasteiger partial charge in [0.25, 0.3) is 0 Å². The highest BCUT2D eigenvalue weighted by Gasteiger charge is 2.61. The smallest absolute Gasteiger partial charge is 0.235 e. The molecule has 0 radical (unpaired) electrons. The van der Waals surface area contributed by atoms with Crippen molar-refractivity contribution in [3.8, 4) is 12.3 Å². The summed E-state index contributed by atoms with van der Waals surface area (Å²) in [5.41, 5.74) is 0. The Hall–Kier alpha value is -2.06. The van der Waals surface area contributed by atoms with Crippen LogP contribution in [0.1, 0.15) is 11.8 Å². The van der Waals surface area contributed by atoms with Gasteiger partial charge >= 0.3 is 0 Å². The van der Waals surface area contributed by atoms with E-state index in [2.05, 4.69) is 5.92 Å². The van der Waals surface area contributed by atoms with E-state index in [4.69, 9.17) is 10.8 Å². The number of imide groups is 1. The lowest BCUT2D eigenvalue weighted by Crippen LogP contribution is -2.37. The predicted molar refractivity (Wildman–Crippen MR) is 66.6 cm³/mol. The molecule has 0 spiro atoms. The Bertz CT molecular complexity index is 572. The molecule has 2 aliphatic heterocycles. The van der Waals surface area contributed by atoms with Crippen LogP contribution in [0, 0.1) is 24.2 Å². The summed E-state index contributed by atoms with van der Waals surface area (Å²) in [5.74, 6) is 2.01. The van der Waals surface area contributed by atoms with Crippen LogP contribution in [-0.2, 0) is 9.59 Å². The number of furan rings is 1. The lowest BCUT2D eigenvalue weighted by atomic mass is 9.88. The van der Waals surface area contributed by atoms with E-state index in [0.717, 1.165) is 0 Å². The second-order valence-electron chi connectivity index (χ2n) is 5.02. The maximum atomic E-state index is 12.3. The van der Waals surface area contributed by atoms with Gasteiger partial charge in [0, 0.05) is 7.05 Å². The van der Waals surface area contributed by atoms with Crippen LogP contribution in [0.4, 0.5) is 0 Å². The molecule has 0 saturated carbocycles. The van der Waals surface area contributed by atoms with Crippen LogP contribution in [-0.4, -0.2) is 41.8 Å². The number of likely N-dealkylation sites (tertiary alicyclic amines) is 2. The molecule has 1 aromatic heterocycles. The Morgan fingerprint density at radius 1 is 1.26 bits per heavy atom. The molecule has 0 aliphatic carbocycles. The molecule has 0 aromatic carbocycles. The lowest BCUT2D eigenvalue weighted by molar-refractivity contribution is -0.139. The second kappa shape index (κ2) is 3.97. The van der Waals surface area contributed by atoms with Gasteiger partial charge in [-0.1, -0.05) is 5.92 Å². The predicted octanol–water partition coefficient (Wildman–Crippen LogP) is 0.499. The Labute approximate surface area is 111 Å². The van der Waals surface area contributed by atoms with Gasteiger partial charge in [0.1, 0.15) is 5.76 Å². The van der Waals surface area contributed by atoms with Gasteiger partial charge in [-0.2, -0.15) is 0 Å². The van der Waals surface area contributed by atoms with Crippen molar-refractivity contribution in [1.82, 2.24) is 9.80 Å². The minimum atomic E-state index is -0.470. The molecule has 0 N–H and O–H groups in total. The van der Waals surface area contributed by atoms with Crippen LogP contribution in [0.5, 0.6) is 0 Å². The molecule has 2 saturated heterocycles. The molecule has 98 valence electrons. The number of terminal acetylenes is 1. The fraction of sp³-hybridized carbons (Fsp3) is 0.429. The summed E-state index contributed by atoms with van der Waals surface area (Å²) in [6.45, 7) is 0. The minimum Gasteiger partial charge on any atom is -0.468 e. The Kier molecular flexibility index (Phi) is 2.51. The van der Waals surface area contributed by atoms with Crippen molar-refractivity contribution in [3.05, 3.63) is 24.2 Å². The first-order valence-electron chi connectivity index (χ1n) is 6.10. The molecular formula is C14H14N2O3. The van der Waals surface area contributed by atoms with Crippen LogP contribution in [0.2, 0.25) is 0 Å². The average Bonchev–Trinajstić information content (AvgIpc) is 3.05. The van der Waals surface area contributed by atoms with Crippen LogP contribution in [0.15, 0.2) is 22.8 Å². The van der Waals surface area contributed by atoms with E-state index in [9.17, 15) is 9.59 Å². The van der Waals surface area contributed by atoms with Gasteiger partial charge in [0.2, 0.25) is 11.8 Å². The number of rotatable bonds is 1. The summed E-state index contributed by atoms with van der Waals surface area (Å²) in [5, 5.41) is 0. The van der Waals surface area contributed by atoms with Crippen molar-refractivity contribution in [2.45, 2.75) is 12.1 Å². The fourth-order valence-corrected chi connectivity index (χ4v) is 3.26. The van der Waals surface area contributed by atoms with Gasteiger partial charge < -0.3 is 4.42 Å². The van der Waals surface area contributed by atoms with Crippen molar-refractivity contribution < 1.29 is 14.0 Å². The van der Waals surface area contributed by atoms with E-state index in [1.54, 1.807) is 12.3 Å². The molecule has 2 amide bonds. The van der Waals surface area contributed by atoms with Crippen molar-refractivity contribution >= 4 is 11.8 Å². The van der Waals surface area contributed by atoms with Crippen molar-refractivity contribution in [3.63, 3.8) is 0 Å². The highest BCUT2D eigenvalue weighted by Crippen LogP contribution is 2.48. The number of carbonyl (C=O) groups excluding carboxylic acids is 2. The summed E-state index contributed by atoms with van der Waals surface area (Å²) in [6.07, 6.45) is 7.11. The van der Waals surface area contributed by atoms with Crippen molar-refractivity contribution in [2.24, 2.45) is 11.8 Å². The van der Waals surface area contributed by atoms with Gasteiger partial charge in [-0.05, 0) is 19.2 Å². The van der Waals surface area contributed by atoms with Crippen LogP contribution >= 0.6 is 0 Å². The zero-order valence-electron chi connectivity index (χ0n) is 10.7. The summed E-state index contributed by atoms with van der Waals surface area (Å²) in [7, 11) is 3.34. The van der Waals surface area contributed by atoms with E-state index in [1.807, 2.05) is 18.0 Å². The van der Waals surface area contributed by atoms with Crippen LogP contribution in [0.3, 0.4) is 0 Å². The zero-order chi connectivity index (χ0) is 13.7. The molecule has 2 aliphatic rings. The van der Waals surface area contributed by atoms with Crippen molar-refractivity contribution in [1.29, 1.82) is 0 Å². The largest absolute Gasteiger partial charge is 0.468 e. The SMILES string of the molecule is C#C[C@H]1[C@@H]2C(=O)N(C)C(=O)[C@@H]2[C@H](c2ccco2)N1C. The molecule has 5 heteroatoms. The van der Waals surface area contributed by atoms with Gasteiger partial charge in [-0.15, -0.1) is 6.42 Å². The number of amides is 2. The lowest BCUT2D eigenvalue weighted by Gasteiger charge is -2.25. The first-order chi connectivity index (χ1) is 9.07. The average molecular weight is 258 g/mol. The minimum absolute atomic E-state index is 0.180. The molecule has 3 rings (SSSR count). The Morgan fingerprint density at radius 3 is 2.53 bits per heavy atom. The zero-order valence-corrected chi connectivity index (χ0v) is 10.7. The molecule has 1 aromatic rings. The Morgan fingerprint density at radius 2 is 1.95 bits per heavy atom. The van der Waals surface area contributed by atoms with E-state index in [1.165, 1.54) is 11.9 Å². The van der Waals surface area contributed by atoms with E-state index in [0.29, 0.717) is 5.76 Å². The third-order valence-corrected chi connectivity index (χ3v) is 4.18. The first-order valence-corrected chi connectivity index (χ1v) is 6.10. The molecule has 5 nitrogen and oxygen atoms in total. The van der Waals surface area contributed by atoms with Crippen molar-refractivity contribution in [2.75, 3.05) is 14.1 Å². The number of fused-ring (bicyclic) bond motifs is 1. The molecule has 19 heavy (non-hydrogen) atoms. The number of hydrogen-bond acceptors (Lipinski definition) is 4. The normalized spacial score (nSPS) is 34.7. The summed E-state index contributed by atoms with van der Waals surface area (Å²) >= 11 is 0. The molecule has 0 bridgehead atoms. The number of nitrogens with zero attached hydrogens (tertiary/aromatic N) is 2. The first kappa shape index (κ1) is 12.0. The molecule has 0 unspecified atom stereocenters. The molecular weight excluding hydrogens is 244 g/mol. The highest BCUT2D eigenvalue weighted by atomic mass is 16.3. The quantitative estimate of drug-likeness (QED) is 0.543. The topological polar surface area (TPSA) is 53.8 Å². The van der Waals surface area contributed by atoms with E-state index < -0.39 is 11.8 Å². The van der Waals surface area contributed by atoms with Gasteiger partial charge in [-0.25, -0.2) is 0 Å². The molecule has 2 fully saturated rings. The van der Waals surface area contributed by atoms with Gasteiger partial charge in [0.15, 0.2) is 0 Å². The van der Waals surface area contributed by atoms with Gasteiger partial charge in [-0.3, -0.25) is 19.4 Å². The van der Waals surface area contributed by atoms with Gasteiger partial charge in [0.05, 0.1) is 30.2 Å². The third-order valence-electron chi connectivity index (χ3n) is 4.18. The van der Waals surface area contributed by atoms with E-state index in [-0.39, 0.29) is 23.9 Å². The third kappa shape index (κ3) is 1.41. The van der Waals surface area contributed by atoms with E-state index >= 15 is 0 Å². The molecule has 3 heterocycles. The number of carbonyl (C=O) groups is 2. The summed E-state index contributed by atoms with van der Waals surface area (Å²) < 4.78 is 5.42. The standard InChI is InChI=1S/C14H14N2O3/c1-4-8-10-11(14(18)16(3)13(10)17)12(15(8)2)9-6-5-7-19-9/h1,5-8,10-12H,2-3H3/t8-,10-,11-,12-/m0/s1. The monoisotopic (exact) mass is 258 g/mol. The Balaban J connectivity index is 2.10. The van der Waals surface area contributed by atoms with Crippen LogP contribution in [0.25, 0.3) is 0 Å². The fourth-order valence-electron chi connectivity index (χ4n) is 3.26. The number of hydrogen-bond donors (Lipinski definition) is 0. The summed E-state index contributed by atoms with van der Waals surface area (Å²) in [6, 6.07) is 2.93. The van der Waals surface area contributed by atoms with Crippen LogP contribution < -0.4 is 0 Å². The maximum absolute atomic E-state index is 12.3. The summed E-state index contributed by atoms with van der Waals surface area (Å²) in [4.78, 5) is 27.5. The second-order valence-corrected chi connectivity index (χ2v) is 5.02. The molecule has 4 atom stereocenters.